The van der Waals surface area contributed by atoms with Crippen LogP contribution in [-0.2, 0) is 17.8 Å². The van der Waals surface area contributed by atoms with Crippen LogP contribution in [0.3, 0.4) is 0 Å². The van der Waals surface area contributed by atoms with Gasteiger partial charge in [0.05, 0.1) is 18.9 Å². The van der Waals surface area contributed by atoms with Crippen LogP contribution in [0.5, 0.6) is 0 Å². The molecular formula is C16H28N2O2. The lowest BCUT2D eigenvalue weighted by molar-refractivity contribution is 0.0667. The van der Waals surface area contributed by atoms with Gasteiger partial charge in [-0.3, -0.25) is 4.90 Å². The van der Waals surface area contributed by atoms with Gasteiger partial charge < -0.3 is 14.5 Å². The van der Waals surface area contributed by atoms with E-state index < -0.39 is 0 Å². The summed E-state index contributed by atoms with van der Waals surface area (Å²) in [7, 11) is 0. The second-order valence-electron chi connectivity index (χ2n) is 6.74. The fraction of sp³-hybridized carbons (Fsp3) is 0.750. The predicted octanol–water partition coefficient (Wildman–Crippen LogP) is 2.78. The molecule has 0 aromatic carbocycles. The van der Waals surface area contributed by atoms with Crippen molar-refractivity contribution in [2.75, 3.05) is 19.7 Å². The van der Waals surface area contributed by atoms with Crippen molar-refractivity contribution in [2.24, 2.45) is 0 Å². The Morgan fingerprint density at radius 1 is 1.40 bits per heavy atom. The van der Waals surface area contributed by atoms with E-state index in [0.29, 0.717) is 6.10 Å². The molecule has 0 radical (unpaired) electrons. The maximum absolute atomic E-state index is 5.70. The van der Waals surface area contributed by atoms with E-state index >= 15 is 0 Å². The third kappa shape index (κ3) is 4.93. The Morgan fingerprint density at radius 2 is 2.20 bits per heavy atom. The number of nitrogens with zero attached hydrogens (tertiary/aromatic N) is 1. The molecule has 0 saturated carbocycles. The molecule has 1 aliphatic heterocycles. The first kappa shape index (κ1) is 15.5. The highest BCUT2D eigenvalue weighted by Crippen LogP contribution is 2.16. The van der Waals surface area contributed by atoms with Crippen molar-refractivity contribution in [3.63, 3.8) is 0 Å². The zero-order chi connectivity index (χ0) is 14.6. The second kappa shape index (κ2) is 6.74. The molecule has 2 heterocycles. The van der Waals surface area contributed by atoms with E-state index in [1.165, 1.54) is 5.56 Å². The van der Waals surface area contributed by atoms with Gasteiger partial charge in [-0.2, -0.15) is 0 Å². The van der Waals surface area contributed by atoms with Crippen molar-refractivity contribution in [1.29, 1.82) is 0 Å². The molecule has 1 aromatic rings. The van der Waals surface area contributed by atoms with Gasteiger partial charge in [-0.25, -0.2) is 0 Å². The summed E-state index contributed by atoms with van der Waals surface area (Å²) in [5, 5.41) is 3.49. The number of nitrogens with one attached hydrogen (secondary N) is 1. The molecule has 114 valence electrons. The van der Waals surface area contributed by atoms with Gasteiger partial charge in [0.1, 0.15) is 5.76 Å². The zero-order valence-electron chi connectivity index (χ0n) is 13.2. The molecule has 0 amide bonds. The molecule has 1 N–H and O–H groups in total. The van der Waals surface area contributed by atoms with Crippen molar-refractivity contribution in [2.45, 2.75) is 58.8 Å². The molecule has 1 saturated heterocycles. The minimum absolute atomic E-state index is 0.106. The first-order valence-electron chi connectivity index (χ1n) is 7.58. The van der Waals surface area contributed by atoms with Gasteiger partial charge in [0.2, 0.25) is 0 Å². The smallest absolute Gasteiger partial charge is 0.122 e. The fourth-order valence-corrected chi connectivity index (χ4v) is 2.47. The molecule has 0 aliphatic carbocycles. The summed E-state index contributed by atoms with van der Waals surface area (Å²) in [6.45, 7) is 13.4. The Balaban J connectivity index is 1.93. The monoisotopic (exact) mass is 280 g/mol. The van der Waals surface area contributed by atoms with Crippen LogP contribution in [0, 0.1) is 0 Å². The average Bonchev–Trinajstić information content (AvgIpc) is 2.68. The topological polar surface area (TPSA) is 37.6 Å². The Bertz CT molecular complexity index is 409. The van der Waals surface area contributed by atoms with E-state index in [1.54, 1.807) is 6.26 Å². The van der Waals surface area contributed by atoms with Crippen LogP contribution in [0.15, 0.2) is 16.7 Å². The summed E-state index contributed by atoms with van der Waals surface area (Å²) in [5.74, 6) is 1.05. The summed E-state index contributed by atoms with van der Waals surface area (Å²) in [5.41, 5.74) is 1.39. The SMILES string of the molecule is CC1CN(Cc2ccoc2CNC(C)(C)C)CCCO1. The third-order valence-electron chi connectivity index (χ3n) is 3.55. The van der Waals surface area contributed by atoms with Crippen LogP contribution in [-0.4, -0.2) is 36.2 Å². The van der Waals surface area contributed by atoms with Crippen molar-refractivity contribution in [3.8, 4) is 0 Å². The standard InChI is InChI=1S/C16H28N2O2/c1-13-11-18(7-5-8-19-13)12-14-6-9-20-15(14)10-17-16(2,3)4/h6,9,13,17H,5,7-8,10-12H2,1-4H3. The van der Waals surface area contributed by atoms with Crippen LogP contribution >= 0.6 is 0 Å². The van der Waals surface area contributed by atoms with Gasteiger partial charge in [0, 0.05) is 37.3 Å². The lowest BCUT2D eigenvalue weighted by atomic mass is 10.1. The number of hydrogen-bond acceptors (Lipinski definition) is 4. The van der Waals surface area contributed by atoms with E-state index in [-0.39, 0.29) is 5.54 Å². The van der Waals surface area contributed by atoms with E-state index in [4.69, 9.17) is 9.15 Å². The molecule has 4 nitrogen and oxygen atoms in total. The maximum atomic E-state index is 5.70. The molecule has 1 atom stereocenters. The summed E-state index contributed by atoms with van der Waals surface area (Å²) in [6, 6.07) is 2.09. The van der Waals surface area contributed by atoms with Crippen LogP contribution in [0.4, 0.5) is 0 Å². The molecule has 0 bridgehead atoms. The highest BCUT2D eigenvalue weighted by molar-refractivity contribution is 5.17. The van der Waals surface area contributed by atoms with Crippen molar-refractivity contribution in [3.05, 3.63) is 23.7 Å². The summed E-state index contributed by atoms with van der Waals surface area (Å²) in [6.07, 6.45) is 3.23. The van der Waals surface area contributed by atoms with Crippen molar-refractivity contribution in [1.82, 2.24) is 10.2 Å². The molecule has 4 heteroatoms. The highest BCUT2D eigenvalue weighted by atomic mass is 16.5. The Kier molecular flexibility index (Phi) is 5.24. The van der Waals surface area contributed by atoms with Gasteiger partial charge in [-0.15, -0.1) is 0 Å². The Morgan fingerprint density at radius 3 is 2.95 bits per heavy atom. The normalized spacial score (nSPS) is 21.9. The minimum atomic E-state index is 0.106. The minimum Gasteiger partial charge on any atom is -0.468 e. The van der Waals surface area contributed by atoms with E-state index in [2.05, 4.69) is 44.0 Å². The van der Waals surface area contributed by atoms with Crippen LogP contribution in [0.1, 0.15) is 45.4 Å². The molecular weight excluding hydrogens is 252 g/mol. The largest absolute Gasteiger partial charge is 0.468 e. The van der Waals surface area contributed by atoms with Gasteiger partial charge in [0.15, 0.2) is 0 Å². The number of rotatable bonds is 4. The molecule has 1 unspecified atom stereocenters. The highest BCUT2D eigenvalue weighted by Gasteiger charge is 2.18. The zero-order valence-corrected chi connectivity index (χ0v) is 13.2. The van der Waals surface area contributed by atoms with Gasteiger partial charge in [0.25, 0.3) is 0 Å². The van der Waals surface area contributed by atoms with E-state index in [9.17, 15) is 0 Å². The third-order valence-corrected chi connectivity index (χ3v) is 3.55. The first-order chi connectivity index (χ1) is 9.44. The van der Waals surface area contributed by atoms with Crippen molar-refractivity contribution >= 4 is 0 Å². The summed E-state index contributed by atoms with van der Waals surface area (Å²) in [4.78, 5) is 2.46. The molecule has 1 aliphatic rings. The summed E-state index contributed by atoms with van der Waals surface area (Å²) >= 11 is 0. The van der Waals surface area contributed by atoms with Crippen LogP contribution < -0.4 is 5.32 Å². The fourth-order valence-electron chi connectivity index (χ4n) is 2.47. The second-order valence-corrected chi connectivity index (χ2v) is 6.74. The average molecular weight is 280 g/mol. The molecule has 20 heavy (non-hydrogen) atoms. The number of furan rings is 1. The van der Waals surface area contributed by atoms with Crippen molar-refractivity contribution < 1.29 is 9.15 Å². The Hall–Kier alpha value is -0.840. The maximum Gasteiger partial charge on any atom is 0.122 e. The van der Waals surface area contributed by atoms with E-state index in [1.807, 2.05) is 0 Å². The first-order valence-corrected chi connectivity index (χ1v) is 7.58. The molecule has 1 aromatic heterocycles. The van der Waals surface area contributed by atoms with Gasteiger partial charge in [-0.05, 0) is 40.2 Å². The van der Waals surface area contributed by atoms with Gasteiger partial charge in [-0.1, -0.05) is 0 Å². The Labute approximate surface area is 122 Å². The predicted molar refractivity (Wildman–Crippen MR) is 80.6 cm³/mol. The quantitative estimate of drug-likeness (QED) is 0.920. The van der Waals surface area contributed by atoms with E-state index in [0.717, 1.165) is 45.0 Å². The summed E-state index contributed by atoms with van der Waals surface area (Å²) < 4.78 is 11.3. The molecule has 1 fully saturated rings. The lowest BCUT2D eigenvalue weighted by Crippen LogP contribution is -2.35. The number of hydrogen-bond donors (Lipinski definition) is 1. The van der Waals surface area contributed by atoms with Crippen LogP contribution in [0.25, 0.3) is 0 Å². The molecule has 2 rings (SSSR count). The lowest BCUT2D eigenvalue weighted by Gasteiger charge is -2.23. The van der Waals surface area contributed by atoms with Gasteiger partial charge >= 0.3 is 0 Å². The van der Waals surface area contributed by atoms with Crippen LogP contribution in [0.2, 0.25) is 0 Å². The number of ether oxygens (including phenoxy) is 1. The molecule has 0 spiro atoms.